The largest absolute Gasteiger partial charge is 0.342 e. The average molecular weight is 210 g/mol. The van der Waals surface area contributed by atoms with Crippen LogP contribution in [-0.2, 0) is 4.79 Å². The first kappa shape index (κ1) is 10.9. The Bertz CT molecular complexity index is 234. The van der Waals surface area contributed by atoms with Crippen LogP contribution >= 0.6 is 0 Å². The summed E-state index contributed by atoms with van der Waals surface area (Å²) in [7, 11) is 0. The smallest absolute Gasteiger partial charge is 0.227 e. The summed E-state index contributed by atoms with van der Waals surface area (Å²) in [6.45, 7) is 8.40. The molecule has 0 aromatic rings. The van der Waals surface area contributed by atoms with Gasteiger partial charge < -0.3 is 10.2 Å². The van der Waals surface area contributed by atoms with E-state index in [0.29, 0.717) is 11.8 Å². The van der Waals surface area contributed by atoms with Crippen LogP contribution in [0.5, 0.6) is 0 Å². The molecule has 3 nitrogen and oxygen atoms in total. The van der Waals surface area contributed by atoms with Gasteiger partial charge in [0.1, 0.15) is 0 Å². The van der Waals surface area contributed by atoms with Crippen LogP contribution in [0, 0.1) is 17.8 Å². The van der Waals surface area contributed by atoms with E-state index >= 15 is 0 Å². The van der Waals surface area contributed by atoms with Crippen molar-refractivity contribution < 1.29 is 4.79 Å². The molecule has 0 aromatic carbocycles. The lowest BCUT2D eigenvalue weighted by Crippen LogP contribution is -2.35. The molecule has 0 saturated carbocycles. The second-order valence-corrected chi connectivity index (χ2v) is 5.27. The topological polar surface area (TPSA) is 32.3 Å². The molecule has 0 bridgehead atoms. The second kappa shape index (κ2) is 4.52. The second-order valence-electron chi connectivity index (χ2n) is 5.27. The zero-order chi connectivity index (χ0) is 10.8. The maximum atomic E-state index is 12.1. The quantitative estimate of drug-likeness (QED) is 0.740. The summed E-state index contributed by atoms with van der Waals surface area (Å²) >= 11 is 0. The zero-order valence-electron chi connectivity index (χ0n) is 9.83. The third-order valence-electron chi connectivity index (χ3n) is 3.89. The van der Waals surface area contributed by atoms with Gasteiger partial charge >= 0.3 is 0 Å². The molecule has 15 heavy (non-hydrogen) atoms. The first-order chi connectivity index (χ1) is 7.18. The van der Waals surface area contributed by atoms with Crippen LogP contribution in [0.15, 0.2) is 0 Å². The zero-order valence-corrected chi connectivity index (χ0v) is 9.83. The highest BCUT2D eigenvalue weighted by atomic mass is 16.2. The van der Waals surface area contributed by atoms with Crippen LogP contribution < -0.4 is 5.32 Å². The van der Waals surface area contributed by atoms with Crippen LogP contribution in [0.25, 0.3) is 0 Å². The molecule has 2 aliphatic heterocycles. The first-order valence-electron chi connectivity index (χ1n) is 6.18. The van der Waals surface area contributed by atoms with E-state index in [-0.39, 0.29) is 5.92 Å². The molecule has 2 saturated heterocycles. The van der Waals surface area contributed by atoms with Gasteiger partial charge in [0.05, 0.1) is 5.92 Å². The summed E-state index contributed by atoms with van der Waals surface area (Å²) in [6, 6.07) is 0. The molecule has 2 unspecified atom stereocenters. The fourth-order valence-corrected chi connectivity index (χ4v) is 2.66. The van der Waals surface area contributed by atoms with Crippen LogP contribution in [0.4, 0.5) is 0 Å². The van der Waals surface area contributed by atoms with Crippen molar-refractivity contribution in [1.82, 2.24) is 10.2 Å². The predicted octanol–water partition coefficient (Wildman–Crippen LogP) is 1.10. The van der Waals surface area contributed by atoms with E-state index in [1.165, 1.54) is 6.42 Å². The number of likely N-dealkylation sites (tertiary alicyclic amines) is 1. The lowest BCUT2D eigenvalue weighted by atomic mass is 9.95. The Labute approximate surface area is 92.2 Å². The molecule has 0 spiro atoms. The number of hydrogen-bond acceptors (Lipinski definition) is 2. The lowest BCUT2D eigenvalue weighted by Gasteiger charge is -2.21. The summed E-state index contributed by atoms with van der Waals surface area (Å²) in [6.07, 6.45) is 2.23. The van der Waals surface area contributed by atoms with Gasteiger partial charge in [0, 0.05) is 19.6 Å². The van der Waals surface area contributed by atoms with Crippen molar-refractivity contribution in [3.8, 4) is 0 Å². The van der Waals surface area contributed by atoms with E-state index in [1.54, 1.807) is 0 Å². The highest BCUT2D eigenvalue weighted by molar-refractivity contribution is 5.79. The molecule has 2 aliphatic rings. The van der Waals surface area contributed by atoms with E-state index in [4.69, 9.17) is 0 Å². The van der Waals surface area contributed by atoms with Crippen molar-refractivity contribution in [2.24, 2.45) is 17.8 Å². The molecule has 86 valence electrons. The van der Waals surface area contributed by atoms with Gasteiger partial charge in [0.2, 0.25) is 5.91 Å². The maximum absolute atomic E-state index is 12.1. The molecule has 3 heteroatoms. The average Bonchev–Trinajstić information content (AvgIpc) is 2.88. The SMILES string of the molecule is CC(C)C1CCN(C(=O)C2CCNC2)C1. The normalized spacial score (nSPS) is 31.5. The number of carbonyl (C=O) groups excluding carboxylic acids is 1. The Morgan fingerprint density at radius 2 is 2.20 bits per heavy atom. The molecule has 2 atom stereocenters. The number of amides is 1. The Balaban J connectivity index is 1.87. The number of nitrogens with one attached hydrogen (secondary N) is 1. The summed E-state index contributed by atoms with van der Waals surface area (Å²) in [4.78, 5) is 14.2. The Morgan fingerprint density at radius 3 is 2.73 bits per heavy atom. The van der Waals surface area contributed by atoms with Gasteiger partial charge in [-0.2, -0.15) is 0 Å². The van der Waals surface area contributed by atoms with Gasteiger partial charge in [-0.1, -0.05) is 13.8 Å². The Morgan fingerprint density at radius 1 is 1.40 bits per heavy atom. The summed E-state index contributed by atoms with van der Waals surface area (Å²) in [5.74, 6) is 2.09. The fraction of sp³-hybridized carbons (Fsp3) is 0.917. The number of carbonyl (C=O) groups is 1. The van der Waals surface area contributed by atoms with Gasteiger partial charge in [-0.25, -0.2) is 0 Å². The molecule has 0 aromatic heterocycles. The van der Waals surface area contributed by atoms with Gasteiger partial charge in [-0.15, -0.1) is 0 Å². The molecule has 1 N–H and O–H groups in total. The van der Waals surface area contributed by atoms with Crippen molar-refractivity contribution in [2.45, 2.75) is 26.7 Å². The molecule has 2 rings (SSSR count). The van der Waals surface area contributed by atoms with E-state index in [9.17, 15) is 4.79 Å². The highest BCUT2D eigenvalue weighted by Gasteiger charge is 2.32. The Kier molecular flexibility index (Phi) is 3.29. The third kappa shape index (κ3) is 2.33. The monoisotopic (exact) mass is 210 g/mol. The molecule has 0 aliphatic carbocycles. The Hall–Kier alpha value is -0.570. The van der Waals surface area contributed by atoms with Crippen molar-refractivity contribution in [3.05, 3.63) is 0 Å². The highest BCUT2D eigenvalue weighted by Crippen LogP contribution is 2.25. The summed E-state index contributed by atoms with van der Waals surface area (Å²) in [5.41, 5.74) is 0. The van der Waals surface area contributed by atoms with Gasteiger partial charge in [-0.3, -0.25) is 4.79 Å². The molecule has 0 radical (unpaired) electrons. The minimum absolute atomic E-state index is 0.260. The first-order valence-corrected chi connectivity index (χ1v) is 6.18. The van der Waals surface area contributed by atoms with Crippen LogP contribution in [0.3, 0.4) is 0 Å². The summed E-state index contributed by atoms with van der Waals surface area (Å²) in [5, 5.41) is 3.26. The molecule has 2 heterocycles. The van der Waals surface area contributed by atoms with Crippen molar-refractivity contribution in [2.75, 3.05) is 26.2 Å². The lowest BCUT2D eigenvalue weighted by molar-refractivity contribution is -0.134. The third-order valence-corrected chi connectivity index (χ3v) is 3.89. The van der Waals surface area contributed by atoms with Gasteiger partial charge in [0.25, 0.3) is 0 Å². The predicted molar refractivity (Wildman–Crippen MR) is 60.5 cm³/mol. The van der Waals surface area contributed by atoms with Gasteiger partial charge in [0.15, 0.2) is 0 Å². The van der Waals surface area contributed by atoms with Crippen LogP contribution in [-0.4, -0.2) is 37.0 Å². The van der Waals surface area contributed by atoms with E-state index < -0.39 is 0 Å². The minimum atomic E-state index is 0.260. The standard InChI is InChI=1S/C12H22N2O/c1-9(2)11-4-6-14(8-11)12(15)10-3-5-13-7-10/h9-11,13H,3-8H2,1-2H3. The summed E-state index contributed by atoms with van der Waals surface area (Å²) < 4.78 is 0. The number of nitrogens with zero attached hydrogens (tertiary/aromatic N) is 1. The number of rotatable bonds is 2. The fourth-order valence-electron chi connectivity index (χ4n) is 2.66. The minimum Gasteiger partial charge on any atom is -0.342 e. The van der Waals surface area contributed by atoms with Crippen molar-refractivity contribution in [1.29, 1.82) is 0 Å². The van der Waals surface area contributed by atoms with Crippen molar-refractivity contribution >= 4 is 5.91 Å². The van der Waals surface area contributed by atoms with Crippen molar-refractivity contribution in [3.63, 3.8) is 0 Å². The molecule has 1 amide bonds. The molecular formula is C12H22N2O. The van der Waals surface area contributed by atoms with E-state index in [1.807, 2.05) is 0 Å². The van der Waals surface area contributed by atoms with E-state index in [0.717, 1.165) is 38.5 Å². The van der Waals surface area contributed by atoms with E-state index in [2.05, 4.69) is 24.1 Å². The maximum Gasteiger partial charge on any atom is 0.227 e. The van der Waals surface area contributed by atoms with Crippen LogP contribution in [0.1, 0.15) is 26.7 Å². The van der Waals surface area contributed by atoms with Crippen LogP contribution in [0.2, 0.25) is 0 Å². The molecular weight excluding hydrogens is 188 g/mol. The number of hydrogen-bond donors (Lipinski definition) is 1. The molecule has 2 fully saturated rings. The van der Waals surface area contributed by atoms with Gasteiger partial charge in [-0.05, 0) is 31.2 Å².